The van der Waals surface area contributed by atoms with E-state index in [0.717, 1.165) is 31.0 Å². The van der Waals surface area contributed by atoms with Crippen molar-refractivity contribution in [3.63, 3.8) is 0 Å². The first-order valence-electron chi connectivity index (χ1n) is 7.66. The number of hydrazine groups is 1. The molecule has 5 heteroatoms. The smallest absolute Gasteiger partial charge is 0.184 e. The molecule has 0 aliphatic carbocycles. The molecule has 1 aromatic heterocycles. The average molecular weight is 283 g/mol. The first kappa shape index (κ1) is 13.9. The van der Waals surface area contributed by atoms with Crippen LogP contribution in [0.4, 0.5) is 5.82 Å². The molecule has 2 heterocycles. The second kappa shape index (κ2) is 6.63. The van der Waals surface area contributed by atoms with Crippen LogP contribution in [-0.2, 0) is 0 Å². The van der Waals surface area contributed by atoms with Crippen molar-refractivity contribution in [1.82, 2.24) is 20.2 Å². The molecule has 3 rings (SSSR count). The Labute approximate surface area is 125 Å². The number of hydrogen-bond donors (Lipinski definition) is 0. The summed E-state index contributed by atoms with van der Waals surface area (Å²) in [4.78, 5) is 4.47. The minimum Gasteiger partial charge on any atom is -0.287 e. The third-order valence-corrected chi connectivity index (χ3v) is 3.82. The van der Waals surface area contributed by atoms with Crippen LogP contribution in [0.1, 0.15) is 26.2 Å². The molecule has 1 fully saturated rings. The van der Waals surface area contributed by atoms with Gasteiger partial charge in [0.05, 0.1) is 6.20 Å². The summed E-state index contributed by atoms with van der Waals surface area (Å²) in [6.07, 6.45) is 5.65. The van der Waals surface area contributed by atoms with Gasteiger partial charge in [-0.1, -0.05) is 36.8 Å². The summed E-state index contributed by atoms with van der Waals surface area (Å²) in [7, 11) is 0. The predicted molar refractivity (Wildman–Crippen MR) is 83.7 cm³/mol. The molecular weight excluding hydrogens is 262 g/mol. The van der Waals surface area contributed by atoms with Crippen molar-refractivity contribution in [3.05, 3.63) is 36.5 Å². The molecule has 0 N–H and O–H groups in total. The summed E-state index contributed by atoms with van der Waals surface area (Å²) in [5.74, 6) is 1.51. The van der Waals surface area contributed by atoms with E-state index in [2.05, 4.69) is 32.1 Å². The number of piperidine rings is 1. The topological polar surface area (TPSA) is 45.2 Å². The number of rotatable bonds is 4. The zero-order valence-corrected chi connectivity index (χ0v) is 12.4. The van der Waals surface area contributed by atoms with Crippen molar-refractivity contribution < 1.29 is 0 Å². The monoisotopic (exact) mass is 283 g/mol. The van der Waals surface area contributed by atoms with Crippen molar-refractivity contribution >= 4 is 5.82 Å². The molecule has 2 aromatic rings. The normalized spacial score (nSPS) is 15.9. The molecule has 21 heavy (non-hydrogen) atoms. The fourth-order valence-electron chi connectivity index (χ4n) is 2.73. The molecule has 1 saturated heterocycles. The van der Waals surface area contributed by atoms with Crippen LogP contribution in [0, 0.1) is 0 Å². The lowest BCUT2D eigenvalue weighted by Crippen LogP contribution is -2.46. The highest BCUT2D eigenvalue weighted by atomic mass is 15.6. The van der Waals surface area contributed by atoms with Crippen LogP contribution in [-0.4, -0.2) is 39.8 Å². The SMILES string of the molecule is CCN(c1cnc(-c2ccccc2)nn1)N1CCCCC1. The van der Waals surface area contributed by atoms with Gasteiger partial charge in [-0.25, -0.2) is 9.99 Å². The molecule has 0 spiro atoms. The fourth-order valence-corrected chi connectivity index (χ4v) is 2.73. The Bertz CT molecular complexity index is 549. The van der Waals surface area contributed by atoms with E-state index < -0.39 is 0 Å². The van der Waals surface area contributed by atoms with E-state index in [-0.39, 0.29) is 0 Å². The van der Waals surface area contributed by atoms with Crippen LogP contribution in [0.25, 0.3) is 11.4 Å². The third-order valence-electron chi connectivity index (χ3n) is 3.82. The van der Waals surface area contributed by atoms with E-state index in [0.29, 0.717) is 5.82 Å². The van der Waals surface area contributed by atoms with E-state index in [9.17, 15) is 0 Å². The number of hydrogen-bond acceptors (Lipinski definition) is 5. The largest absolute Gasteiger partial charge is 0.287 e. The molecule has 1 aliphatic rings. The number of nitrogens with zero attached hydrogens (tertiary/aromatic N) is 5. The van der Waals surface area contributed by atoms with Crippen molar-refractivity contribution in [3.8, 4) is 11.4 Å². The van der Waals surface area contributed by atoms with Crippen molar-refractivity contribution in [1.29, 1.82) is 0 Å². The fraction of sp³-hybridized carbons (Fsp3) is 0.438. The van der Waals surface area contributed by atoms with Gasteiger partial charge < -0.3 is 0 Å². The zero-order chi connectivity index (χ0) is 14.5. The van der Waals surface area contributed by atoms with Gasteiger partial charge in [0.25, 0.3) is 0 Å². The maximum absolute atomic E-state index is 4.47. The van der Waals surface area contributed by atoms with E-state index >= 15 is 0 Å². The van der Waals surface area contributed by atoms with Gasteiger partial charge in [-0.15, -0.1) is 10.2 Å². The molecular formula is C16H21N5. The number of benzene rings is 1. The summed E-state index contributed by atoms with van der Waals surface area (Å²) in [5.41, 5.74) is 0.998. The number of aromatic nitrogens is 3. The third kappa shape index (κ3) is 3.19. The lowest BCUT2D eigenvalue weighted by atomic mass is 10.2. The minimum absolute atomic E-state index is 0.675. The molecule has 0 amide bonds. The molecule has 5 nitrogen and oxygen atoms in total. The van der Waals surface area contributed by atoms with Gasteiger partial charge in [-0.05, 0) is 19.8 Å². The second-order valence-corrected chi connectivity index (χ2v) is 5.24. The first-order valence-corrected chi connectivity index (χ1v) is 7.66. The van der Waals surface area contributed by atoms with E-state index in [1.165, 1.54) is 19.3 Å². The molecule has 0 radical (unpaired) electrons. The molecule has 0 unspecified atom stereocenters. The van der Waals surface area contributed by atoms with E-state index in [1.807, 2.05) is 36.5 Å². The van der Waals surface area contributed by atoms with Crippen molar-refractivity contribution in [2.45, 2.75) is 26.2 Å². The Hall–Kier alpha value is -2.01. The van der Waals surface area contributed by atoms with Gasteiger partial charge in [0.1, 0.15) is 0 Å². The van der Waals surface area contributed by atoms with Crippen LogP contribution in [0.2, 0.25) is 0 Å². The molecule has 1 aliphatic heterocycles. The van der Waals surface area contributed by atoms with Crippen molar-refractivity contribution in [2.24, 2.45) is 0 Å². The Morgan fingerprint density at radius 2 is 1.81 bits per heavy atom. The highest BCUT2D eigenvalue weighted by molar-refractivity contribution is 5.54. The molecule has 0 saturated carbocycles. The maximum Gasteiger partial charge on any atom is 0.184 e. The molecule has 0 bridgehead atoms. The van der Waals surface area contributed by atoms with Gasteiger partial charge in [0.15, 0.2) is 11.6 Å². The minimum atomic E-state index is 0.675. The Kier molecular flexibility index (Phi) is 4.40. The average Bonchev–Trinajstić information content (AvgIpc) is 2.58. The maximum atomic E-state index is 4.47. The van der Waals surface area contributed by atoms with Crippen molar-refractivity contribution in [2.75, 3.05) is 24.6 Å². The summed E-state index contributed by atoms with van der Waals surface area (Å²) < 4.78 is 0. The van der Waals surface area contributed by atoms with Crippen LogP contribution in [0.3, 0.4) is 0 Å². The van der Waals surface area contributed by atoms with Crippen LogP contribution >= 0.6 is 0 Å². The van der Waals surface area contributed by atoms with Crippen LogP contribution in [0.5, 0.6) is 0 Å². The van der Waals surface area contributed by atoms with Gasteiger partial charge >= 0.3 is 0 Å². The Morgan fingerprint density at radius 3 is 2.43 bits per heavy atom. The molecule has 110 valence electrons. The van der Waals surface area contributed by atoms with Crippen LogP contribution in [0.15, 0.2) is 36.5 Å². The number of anilines is 1. The molecule has 0 atom stereocenters. The lowest BCUT2D eigenvalue weighted by Gasteiger charge is -2.37. The predicted octanol–water partition coefficient (Wildman–Crippen LogP) is 2.77. The second-order valence-electron chi connectivity index (χ2n) is 5.24. The van der Waals surface area contributed by atoms with E-state index in [1.54, 1.807) is 0 Å². The summed E-state index contributed by atoms with van der Waals surface area (Å²) in [6, 6.07) is 9.95. The van der Waals surface area contributed by atoms with E-state index in [4.69, 9.17) is 0 Å². The molecule has 1 aromatic carbocycles. The Balaban J connectivity index is 1.79. The standard InChI is InChI=1S/C16H21N5/c1-2-21(20-11-7-4-8-12-20)15-13-17-16(19-18-15)14-9-5-3-6-10-14/h3,5-6,9-10,13H,2,4,7-8,11-12H2,1H3. The summed E-state index contributed by atoms with van der Waals surface area (Å²) in [6.45, 7) is 5.22. The summed E-state index contributed by atoms with van der Waals surface area (Å²) in [5, 5.41) is 13.2. The lowest BCUT2D eigenvalue weighted by molar-refractivity contribution is 0.208. The van der Waals surface area contributed by atoms with Gasteiger partial charge in [0.2, 0.25) is 0 Å². The Morgan fingerprint density at radius 1 is 1.05 bits per heavy atom. The zero-order valence-electron chi connectivity index (χ0n) is 12.4. The van der Waals surface area contributed by atoms with Crippen LogP contribution < -0.4 is 5.01 Å². The first-order chi connectivity index (χ1) is 10.4. The van der Waals surface area contributed by atoms with Gasteiger partial charge in [-0.2, -0.15) is 0 Å². The highest BCUT2D eigenvalue weighted by Gasteiger charge is 2.19. The summed E-state index contributed by atoms with van der Waals surface area (Å²) >= 11 is 0. The van der Waals surface area contributed by atoms with Gasteiger partial charge in [0, 0.05) is 25.2 Å². The van der Waals surface area contributed by atoms with Gasteiger partial charge in [-0.3, -0.25) is 5.01 Å². The highest BCUT2D eigenvalue weighted by Crippen LogP contribution is 2.19. The quantitative estimate of drug-likeness (QED) is 0.863.